The van der Waals surface area contributed by atoms with Gasteiger partial charge in [-0.25, -0.2) is 0 Å². The van der Waals surface area contributed by atoms with Crippen molar-refractivity contribution in [3.63, 3.8) is 0 Å². The summed E-state index contributed by atoms with van der Waals surface area (Å²) in [6.07, 6.45) is 0. The smallest absolute Gasteiger partial charge is 0.0672 e. The van der Waals surface area contributed by atoms with Gasteiger partial charge >= 0.3 is 0 Å². The van der Waals surface area contributed by atoms with Crippen molar-refractivity contribution in [2.24, 2.45) is 0 Å². The summed E-state index contributed by atoms with van der Waals surface area (Å²) in [5.41, 5.74) is 2.13. The molecule has 4 heteroatoms. The molecular formula is C13H17BrClNO. The Morgan fingerprint density at radius 2 is 2.29 bits per heavy atom. The van der Waals surface area contributed by atoms with Crippen LogP contribution in [0.3, 0.4) is 0 Å². The fourth-order valence-corrected chi connectivity index (χ4v) is 1.89. The van der Waals surface area contributed by atoms with Gasteiger partial charge in [-0.1, -0.05) is 39.7 Å². The first-order chi connectivity index (χ1) is 8.09. The molecule has 0 aliphatic heterocycles. The zero-order valence-corrected chi connectivity index (χ0v) is 12.3. The fraction of sp³-hybridized carbons (Fsp3) is 0.385. The van der Waals surface area contributed by atoms with Crippen molar-refractivity contribution in [1.82, 2.24) is 5.32 Å². The van der Waals surface area contributed by atoms with Crippen LogP contribution in [-0.4, -0.2) is 19.8 Å². The lowest BCUT2D eigenvalue weighted by Crippen LogP contribution is -2.19. The van der Waals surface area contributed by atoms with Crippen molar-refractivity contribution in [2.75, 3.05) is 19.8 Å². The average Bonchev–Trinajstić information content (AvgIpc) is 2.27. The molecule has 0 saturated carbocycles. The highest BCUT2D eigenvalue weighted by Crippen LogP contribution is 2.20. The van der Waals surface area contributed by atoms with Crippen LogP contribution in [0.5, 0.6) is 0 Å². The van der Waals surface area contributed by atoms with Crippen LogP contribution in [0, 0.1) is 0 Å². The maximum absolute atomic E-state index is 6.07. The fourth-order valence-electron chi connectivity index (χ4n) is 1.29. The highest BCUT2D eigenvalue weighted by molar-refractivity contribution is 9.10. The van der Waals surface area contributed by atoms with E-state index in [0.717, 1.165) is 33.7 Å². The predicted molar refractivity (Wildman–Crippen MR) is 76.5 cm³/mol. The summed E-state index contributed by atoms with van der Waals surface area (Å²) in [5.74, 6) is 0. The number of benzene rings is 1. The van der Waals surface area contributed by atoms with Gasteiger partial charge in [0, 0.05) is 22.6 Å². The van der Waals surface area contributed by atoms with Crippen LogP contribution in [0.15, 0.2) is 34.8 Å². The molecule has 0 radical (unpaired) electrons. The third-order valence-corrected chi connectivity index (χ3v) is 2.96. The largest absolute Gasteiger partial charge is 0.376 e. The van der Waals surface area contributed by atoms with E-state index in [4.69, 9.17) is 16.3 Å². The van der Waals surface area contributed by atoms with Gasteiger partial charge < -0.3 is 10.1 Å². The summed E-state index contributed by atoms with van der Waals surface area (Å²) in [6.45, 7) is 8.58. The molecule has 0 aliphatic rings. The normalized spacial score (nSPS) is 10.5. The Balaban J connectivity index is 2.22. The Labute approximate surface area is 116 Å². The van der Waals surface area contributed by atoms with Crippen LogP contribution in [0.1, 0.15) is 12.5 Å². The molecule has 0 spiro atoms. The summed E-state index contributed by atoms with van der Waals surface area (Å²) < 4.78 is 6.42. The number of hydrogen-bond donors (Lipinski definition) is 1. The predicted octanol–water partition coefficient (Wildman–Crippen LogP) is 3.78. The molecule has 0 fully saturated rings. The lowest BCUT2D eigenvalue weighted by molar-refractivity contribution is 0.158. The van der Waals surface area contributed by atoms with Crippen molar-refractivity contribution in [1.29, 1.82) is 0 Å². The van der Waals surface area contributed by atoms with Gasteiger partial charge in [0.05, 0.1) is 13.2 Å². The number of nitrogens with one attached hydrogen (secondary N) is 1. The standard InChI is InChI=1S/C13H17BrClNO/c1-10(2)9-17-6-5-16-8-11-7-12(14)3-4-13(11)15/h3-4,7,16H,1,5-6,8-9H2,2H3. The van der Waals surface area contributed by atoms with Gasteiger partial charge in [0.25, 0.3) is 0 Å². The molecule has 0 aromatic heterocycles. The molecule has 94 valence electrons. The van der Waals surface area contributed by atoms with Crippen molar-refractivity contribution in [2.45, 2.75) is 13.5 Å². The Bertz CT molecular complexity index is 382. The molecule has 1 N–H and O–H groups in total. The number of ether oxygens (including phenoxy) is 1. The van der Waals surface area contributed by atoms with Crippen molar-refractivity contribution in [3.05, 3.63) is 45.4 Å². The lowest BCUT2D eigenvalue weighted by atomic mass is 10.2. The summed E-state index contributed by atoms with van der Waals surface area (Å²) in [7, 11) is 0. The molecule has 1 rings (SSSR count). The number of halogens is 2. The van der Waals surface area contributed by atoms with E-state index in [1.54, 1.807) is 0 Å². The van der Waals surface area contributed by atoms with Crippen molar-refractivity contribution < 1.29 is 4.74 Å². The van der Waals surface area contributed by atoms with Gasteiger partial charge in [-0.15, -0.1) is 0 Å². The highest BCUT2D eigenvalue weighted by atomic mass is 79.9. The van der Waals surface area contributed by atoms with Gasteiger partial charge in [-0.2, -0.15) is 0 Å². The lowest BCUT2D eigenvalue weighted by Gasteiger charge is -2.08. The molecule has 0 aliphatic carbocycles. The van der Waals surface area contributed by atoms with E-state index in [1.807, 2.05) is 25.1 Å². The summed E-state index contributed by atoms with van der Waals surface area (Å²) in [4.78, 5) is 0. The molecule has 17 heavy (non-hydrogen) atoms. The van der Waals surface area contributed by atoms with E-state index >= 15 is 0 Å². The summed E-state index contributed by atoms with van der Waals surface area (Å²) in [6, 6.07) is 5.84. The first-order valence-corrected chi connectivity index (χ1v) is 6.63. The Morgan fingerprint density at radius 3 is 3.00 bits per heavy atom. The first-order valence-electron chi connectivity index (χ1n) is 5.46. The Morgan fingerprint density at radius 1 is 1.53 bits per heavy atom. The molecule has 2 nitrogen and oxygen atoms in total. The van der Waals surface area contributed by atoms with E-state index in [1.165, 1.54) is 0 Å². The van der Waals surface area contributed by atoms with E-state index in [2.05, 4.69) is 27.8 Å². The van der Waals surface area contributed by atoms with Crippen LogP contribution in [0.4, 0.5) is 0 Å². The topological polar surface area (TPSA) is 21.3 Å². The molecular weight excluding hydrogens is 302 g/mol. The second-order valence-electron chi connectivity index (χ2n) is 3.92. The minimum Gasteiger partial charge on any atom is -0.376 e. The van der Waals surface area contributed by atoms with Crippen molar-refractivity contribution in [3.8, 4) is 0 Å². The molecule has 1 aromatic rings. The van der Waals surface area contributed by atoms with E-state index in [0.29, 0.717) is 13.2 Å². The van der Waals surface area contributed by atoms with Crippen LogP contribution in [-0.2, 0) is 11.3 Å². The van der Waals surface area contributed by atoms with Gasteiger partial charge in [0.1, 0.15) is 0 Å². The second-order valence-corrected chi connectivity index (χ2v) is 5.25. The quantitative estimate of drug-likeness (QED) is 0.610. The third-order valence-electron chi connectivity index (χ3n) is 2.09. The molecule has 0 heterocycles. The maximum Gasteiger partial charge on any atom is 0.0672 e. The van der Waals surface area contributed by atoms with Gasteiger partial charge in [-0.3, -0.25) is 0 Å². The Hall–Kier alpha value is -0.350. The monoisotopic (exact) mass is 317 g/mol. The number of rotatable bonds is 7. The summed E-state index contributed by atoms with van der Waals surface area (Å²) >= 11 is 9.50. The van der Waals surface area contributed by atoms with E-state index in [9.17, 15) is 0 Å². The maximum atomic E-state index is 6.07. The van der Waals surface area contributed by atoms with Crippen LogP contribution in [0.2, 0.25) is 5.02 Å². The Kier molecular flexibility index (Phi) is 6.82. The van der Waals surface area contributed by atoms with Gasteiger partial charge in [0.15, 0.2) is 0 Å². The molecule has 0 amide bonds. The summed E-state index contributed by atoms with van der Waals surface area (Å²) in [5, 5.41) is 4.06. The average molecular weight is 319 g/mol. The SMILES string of the molecule is C=C(C)COCCNCc1cc(Br)ccc1Cl. The van der Waals surface area contributed by atoms with Crippen LogP contribution in [0.25, 0.3) is 0 Å². The minimum atomic E-state index is 0.624. The third kappa shape index (κ3) is 6.22. The number of hydrogen-bond acceptors (Lipinski definition) is 2. The molecule has 0 bridgehead atoms. The molecule has 0 saturated heterocycles. The van der Waals surface area contributed by atoms with Gasteiger partial charge in [-0.05, 0) is 30.7 Å². The highest BCUT2D eigenvalue weighted by Gasteiger charge is 2.00. The van der Waals surface area contributed by atoms with Crippen molar-refractivity contribution >= 4 is 27.5 Å². The molecule has 1 aromatic carbocycles. The zero-order valence-electron chi connectivity index (χ0n) is 9.93. The zero-order chi connectivity index (χ0) is 12.7. The van der Waals surface area contributed by atoms with Gasteiger partial charge in [0.2, 0.25) is 0 Å². The van der Waals surface area contributed by atoms with Crippen LogP contribution >= 0.6 is 27.5 Å². The molecule has 0 unspecified atom stereocenters. The van der Waals surface area contributed by atoms with Crippen LogP contribution < -0.4 is 5.32 Å². The minimum absolute atomic E-state index is 0.624. The molecule has 0 atom stereocenters. The first kappa shape index (κ1) is 14.7. The van der Waals surface area contributed by atoms with E-state index in [-0.39, 0.29) is 0 Å². The van der Waals surface area contributed by atoms with E-state index < -0.39 is 0 Å². The second kappa shape index (κ2) is 7.88.